The van der Waals surface area contributed by atoms with Crippen molar-refractivity contribution in [1.82, 2.24) is 15.1 Å². The first kappa shape index (κ1) is 13.1. The van der Waals surface area contributed by atoms with Gasteiger partial charge in [0.1, 0.15) is 0 Å². The molecule has 102 valence electrons. The Kier molecular flexibility index (Phi) is 3.66. The van der Waals surface area contributed by atoms with E-state index in [0.29, 0.717) is 22.7 Å². The zero-order chi connectivity index (χ0) is 13.9. The maximum Gasteiger partial charge on any atom is 0.223 e. The fraction of sp³-hybridized carbons (Fsp3) is 0.154. The summed E-state index contributed by atoms with van der Waals surface area (Å²) in [6.07, 6.45) is 1.77. The lowest BCUT2D eigenvalue weighted by atomic mass is 10.2. The van der Waals surface area contributed by atoms with Crippen LogP contribution in [0.4, 0.5) is 5.69 Å². The topological polar surface area (TPSA) is 63.8 Å². The highest BCUT2D eigenvalue weighted by atomic mass is 35.5. The third-order valence-corrected chi connectivity index (χ3v) is 3.78. The average Bonchev–Trinajstić information content (AvgIpc) is 3.06. The van der Waals surface area contributed by atoms with Gasteiger partial charge in [0.25, 0.3) is 0 Å². The second-order valence-corrected chi connectivity index (χ2v) is 5.84. The van der Waals surface area contributed by atoms with Crippen molar-refractivity contribution < 1.29 is 4.52 Å². The fourth-order valence-electron chi connectivity index (χ4n) is 1.71. The number of hydrogen-bond acceptors (Lipinski definition) is 6. The Morgan fingerprint density at radius 2 is 2.10 bits per heavy atom. The van der Waals surface area contributed by atoms with Crippen molar-refractivity contribution in [2.45, 2.75) is 13.5 Å². The van der Waals surface area contributed by atoms with Crippen molar-refractivity contribution in [1.29, 1.82) is 0 Å². The van der Waals surface area contributed by atoms with Crippen LogP contribution in [0.3, 0.4) is 0 Å². The van der Waals surface area contributed by atoms with E-state index in [-0.39, 0.29) is 0 Å². The fourth-order valence-corrected chi connectivity index (χ4v) is 2.63. The van der Waals surface area contributed by atoms with E-state index >= 15 is 0 Å². The number of aromatic nitrogens is 3. The first-order valence-corrected chi connectivity index (χ1v) is 7.15. The number of benzene rings is 1. The van der Waals surface area contributed by atoms with Crippen molar-refractivity contribution >= 4 is 28.6 Å². The van der Waals surface area contributed by atoms with Gasteiger partial charge in [-0.15, -0.1) is 11.3 Å². The molecule has 0 saturated heterocycles. The van der Waals surface area contributed by atoms with E-state index in [4.69, 9.17) is 16.1 Å². The number of anilines is 1. The highest BCUT2D eigenvalue weighted by Crippen LogP contribution is 2.21. The summed E-state index contributed by atoms with van der Waals surface area (Å²) in [5, 5.41) is 7.19. The Labute approximate surface area is 124 Å². The van der Waals surface area contributed by atoms with Crippen LogP contribution in [-0.2, 0) is 6.54 Å². The summed E-state index contributed by atoms with van der Waals surface area (Å²) in [4.78, 5) is 9.28. The molecule has 0 amide bonds. The number of nitrogens with zero attached hydrogens (tertiary/aromatic N) is 3. The molecular weight excluding hydrogens is 296 g/mol. The highest BCUT2D eigenvalue weighted by Gasteiger charge is 2.05. The molecule has 0 atom stereocenters. The molecule has 0 spiro atoms. The first-order chi connectivity index (χ1) is 9.70. The Morgan fingerprint density at radius 3 is 2.70 bits per heavy atom. The van der Waals surface area contributed by atoms with Crippen molar-refractivity contribution in [3.8, 4) is 11.4 Å². The van der Waals surface area contributed by atoms with Crippen LogP contribution >= 0.6 is 22.9 Å². The quantitative estimate of drug-likeness (QED) is 0.795. The Morgan fingerprint density at radius 1 is 1.30 bits per heavy atom. The molecular formula is C13H11ClN4OS. The normalized spacial score (nSPS) is 10.7. The highest BCUT2D eigenvalue weighted by molar-refractivity contribution is 7.15. The van der Waals surface area contributed by atoms with Gasteiger partial charge in [-0.25, -0.2) is 4.98 Å². The maximum absolute atomic E-state index is 5.79. The molecule has 3 aromatic rings. The van der Waals surface area contributed by atoms with Gasteiger partial charge >= 0.3 is 0 Å². The largest absolute Gasteiger partial charge is 0.380 e. The molecule has 1 N–H and O–H groups in total. The first-order valence-electron chi connectivity index (χ1n) is 5.95. The number of rotatable bonds is 4. The summed E-state index contributed by atoms with van der Waals surface area (Å²) in [5.41, 5.74) is 1.94. The van der Waals surface area contributed by atoms with Crippen LogP contribution in [0.5, 0.6) is 0 Å². The molecule has 0 radical (unpaired) electrons. The standard InChI is InChI=1S/C13H11ClN4OS/c1-8-17-12(18-19-8)9-2-4-10(5-3-9)15-6-11-7-16-13(14)20-11/h2-5,7,15H,6H2,1H3. The number of aryl methyl sites for hydroxylation is 1. The Bertz CT molecular complexity index is 707. The summed E-state index contributed by atoms with van der Waals surface area (Å²) < 4.78 is 5.52. The van der Waals surface area contributed by atoms with E-state index in [2.05, 4.69) is 20.4 Å². The van der Waals surface area contributed by atoms with E-state index in [0.717, 1.165) is 16.1 Å². The molecule has 2 aromatic heterocycles. The van der Waals surface area contributed by atoms with E-state index in [1.165, 1.54) is 11.3 Å². The van der Waals surface area contributed by atoms with Crippen LogP contribution in [0.2, 0.25) is 4.47 Å². The Hall–Kier alpha value is -1.92. The van der Waals surface area contributed by atoms with E-state index in [1.54, 1.807) is 13.1 Å². The lowest BCUT2D eigenvalue weighted by Crippen LogP contribution is -1.97. The van der Waals surface area contributed by atoms with E-state index < -0.39 is 0 Å². The van der Waals surface area contributed by atoms with Gasteiger partial charge in [0, 0.05) is 29.2 Å². The minimum Gasteiger partial charge on any atom is -0.380 e. The SMILES string of the molecule is Cc1nc(-c2ccc(NCc3cnc(Cl)s3)cc2)no1. The molecule has 0 fully saturated rings. The second-order valence-electron chi connectivity index (χ2n) is 4.15. The van der Waals surface area contributed by atoms with Crippen LogP contribution in [0.1, 0.15) is 10.8 Å². The van der Waals surface area contributed by atoms with Crippen LogP contribution in [0.15, 0.2) is 35.0 Å². The molecule has 0 aliphatic rings. The van der Waals surface area contributed by atoms with Gasteiger partial charge in [-0.1, -0.05) is 16.8 Å². The maximum atomic E-state index is 5.79. The van der Waals surface area contributed by atoms with E-state index in [1.807, 2.05) is 24.3 Å². The summed E-state index contributed by atoms with van der Waals surface area (Å²) >= 11 is 7.26. The second kappa shape index (κ2) is 5.60. The number of hydrogen-bond donors (Lipinski definition) is 1. The lowest BCUT2D eigenvalue weighted by Gasteiger charge is -2.04. The molecule has 3 rings (SSSR count). The molecule has 0 aliphatic heterocycles. The third kappa shape index (κ3) is 2.97. The lowest BCUT2D eigenvalue weighted by molar-refractivity contribution is 0.394. The summed E-state index contributed by atoms with van der Waals surface area (Å²) in [5.74, 6) is 1.16. The van der Waals surface area contributed by atoms with E-state index in [9.17, 15) is 0 Å². The minimum absolute atomic E-state index is 0.560. The van der Waals surface area contributed by atoms with Crippen LogP contribution in [-0.4, -0.2) is 15.1 Å². The summed E-state index contributed by atoms with van der Waals surface area (Å²) in [7, 11) is 0. The van der Waals surface area contributed by atoms with Crippen molar-refractivity contribution in [2.75, 3.05) is 5.32 Å². The predicted octanol–water partition coefficient (Wildman–Crippen LogP) is 3.77. The van der Waals surface area contributed by atoms with Crippen LogP contribution in [0.25, 0.3) is 11.4 Å². The van der Waals surface area contributed by atoms with Crippen molar-refractivity contribution in [3.63, 3.8) is 0 Å². The molecule has 7 heteroatoms. The predicted molar refractivity (Wildman–Crippen MR) is 78.9 cm³/mol. The number of thiazole rings is 1. The monoisotopic (exact) mass is 306 g/mol. The number of halogens is 1. The third-order valence-electron chi connectivity index (χ3n) is 2.66. The van der Waals surface area contributed by atoms with Gasteiger partial charge in [0.2, 0.25) is 11.7 Å². The number of nitrogens with one attached hydrogen (secondary N) is 1. The van der Waals surface area contributed by atoms with Gasteiger partial charge in [0.15, 0.2) is 4.47 Å². The molecule has 20 heavy (non-hydrogen) atoms. The van der Waals surface area contributed by atoms with Crippen molar-refractivity contribution in [2.24, 2.45) is 0 Å². The van der Waals surface area contributed by atoms with Crippen molar-refractivity contribution in [3.05, 3.63) is 45.7 Å². The van der Waals surface area contributed by atoms with Crippen LogP contribution < -0.4 is 5.32 Å². The molecule has 0 unspecified atom stereocenters. The van der Waals surface area contributed by atoms with Gasteiger partial charge in [-0.2, -0.15) is 4.98 Å². The minimum atomic E-state index is 0.560. The van der Waals surface area contributed by atoms with Gasteiger partial charge in [-0.3, -0.25) is 0 Å². The summed E-state index contributed by atoms with van der Waals surface area (Å²) in [6.45, 7) is 2.47. The molecule has 2 heterocycles. The molecule has 0 bridgehead atoms. The summed E-state index contributed by atoms with van der Waals surface area (Å²) in [6, 6.07) is 7.85. The average molecular weight is 307 g/mol. The molecule has 0 saturated carbocycles. The van der Waals surface area contributed by atoms with Gasteiger partial charge < -0.3 is 9.84 Å². The zero-order valence-corrected chi connectivity index (χ0v) is 12.2. The molecule has 5 nitrogen and oxygen atoms in total. The smallest absolute Gasteiger partial charge is 0.223 e. The Balaban J connectivity index is 1.67. The van der Waals surface area contributed by atoms with Gasteiger partial charge in [-0.05, 0) is 24.3 Å². The molecule has 0 aliphatic carbocycles. The van der Waals surface area contributed by atoms with Gasteiger partial charge in [0.05, 0.1) is 6.54 Å². The van der Waals surface area contributed by atoms with Crippen LogP contribution in [0, 0.1) is 6.92 Å². The zero-order valence-electron chi connectivity index (χ0n) is 10.6. The molecule has 1 aromatic carbocycles.